The normalized spacial score (nSPS) is 14.3. The van der Waals surface area contributed by atoms with Crippen molar-refractivity contribution >= 4 is 24.0 Å². The molecule has 1 saturated heterocycles. The molecule has 3 amide bonds. The van der Waals surface area contributed by atoms with Gasteiger partial charge in [0.1, 0.15) is 23.9 Å². The van der Waals surface area contributed by atoms with E-state index in [4.69, 9.17) is 13.9 Å². The number of nitrogens with one attached hydrogen (secondary N) is 1. The second-order valence-electron chi connectivity index (χ2n) is 7.46. The first-order chi connectivity index (χ1) is 16.9. The number of hydrogen-bond donors (Lipinski definition) is 1. The first-order valence-corrected chi connectivity index (χ1v) is 10.4. The fraction of sp³-hybridized carbons (Fsp3) is 0.160. The number of furan rings is 1. The maximum absolute atomic E-state index is 13.1. The average molecular weight is 480 g/mol. The van der Waals surface area contributed by atoms with E-state index in [0.717, 1.165) is 10.5 Å². The summed E-state index contributed by atoms with van der Waals surface area (Å²) in [4.78, 5) is 37.6. The zero-order chi connectivity index (χ0) is 24.9. The summed E-state index contributed by atoms with van der Waals surface area (Å²) in [7, 11) is 2.70. The van der Waals surface area contributed by atoms with Gasteiger partial charge in [-0.1, -0.05) is 18.2 Å². The van der Waals surface area contributed by atoms with Crippen molar-refractivity contribution in [3.63, 3.8) is 0 Å². The maximum Gasteiger partial charge on any atom is 0.373 e. The molecular weight excluding hydrogens is 459 g/mol. The molecule has 3 aromatic rings. The van der Waals surface area contributed by atoms with E-state index in [1.54, 1.807) is 30.3 Å². The lowest BCUT2D eigenvalue weighted by molar-refractivity contribution is -0.123. The number of imide groups is 1. The lowest BCUT2D eigenvalue weighted by atomic mass is 10.1. The monoisotopic (exact) mass is 480 g/mol. The summed E-state index contributed by atoms with van der Waals surface area (Å²) >= 11 is 0. The molecule has 0 aliphatic carbocycles. The molecule has 35 heavy (non-hydrogen) atoms. The molecule has 1 aliphatic rings. The second kappa shape index (κ2) is 10.1. The van der Waals surface area contributed by atoms with E-state index in [2.05, 4.69) is 10.1 Å². The third-order valence-corrected chi connectivity index (χ3v) is 5.13. The van der Waals surface area contributed by atoms with Gasteiger partial charge in [-0.25, -0.2) is 14.0 Å². The van der Waals surface area contributed by atoms with E-state index in [9.17, 15) is 18.8 Å². The number of carbonyl (C=O) groups is 3. The van der Waals surface area contributed by atoms with Gasteiger partial charge in [0.25, 0.3) is 5.91 Å². The Kier molecular flexibility index (Phi) is 6.81. The van der Waals surface area contributed by atoms with E-state index >= 15 is 0 Å². The van der Waals surface area contributed by atoms with Crippen molar-refractivity contribution < 1.29 is 37.4 Å². The summed E-state index contributed by atoms with van der Waals surface area (Å²) in [5.74, 6) is -0.443. The summed E-state index contributed by atoms with van der Waals surface area (Å²) in [5, 5.41) is 2.53. The number of rotatable bonds is 8. The summed E-state index contributed by atoms with van der Waals surface area (Å²) in [6, 6.07) is 13.3. The highest BCUT2D eigenvalue weighted by molar-refractivity contribution is 6.13. The Morgan fingerprint density at radius 3 is 2.54 bits per heavy atom. The Bertz CT molecular complexity index is 1300. The van der Waals surface area contributed by atoms with Gasteiger partial charge in [-0.2, -0.15) is 0 Å². The molecule has 0 bridgehead atoms. The third-order valence-electron chi connectivity index (χ3n) is 5.13. The zero-order valence-corrected chi connectivity index (χ0v) is 18.9. The van der Waals surface area contributed by atoms with Crippen LogP contribution in [0.3, 0.4) is 0 Å². The van der Waals surface area contributed by atoms with Gasteiger partial charge in [0, 0.05) is 0 Å². The molecule has 0 saturated carbocycles. The minimum absolute atomic E-state index is 0.0286. The van der Waals surface area contributed by atoms with E-state index in [1.807, 2.05) is 0 Å². The number of methoxy groups -OCH3 is 2. The van der Waals surface area contributed by atoms with Crippen molar-refractivity contribution in [3.05, 3.63) is 88.8 Å². The van der Waals surface area contributed by atoms with Crippen LogP contribution in [0.2, 0.25) is 0 Å². The predicted octanol–water partition coefficient (Wildman–Crippen LogP) is 3.89. The van der Waals surface area contributed by atoms with Gasteiger partial charge >= 0.3 is 12.0 Å². The molecule has 0 radical (unpaired) electrons. The van der Waals surface area contributed by atoms with E-state index in [1.165, 1.54) is 44.6 Å². The number of urea groups is 1. The lowest BCUT2D eigenvalue weighted by Gasteiger charge is -2.12. The van der Waals surface area contributed by atoms with Crippen LogP contribution in [-0.2, 0) is 22.7 Å². The Labute approximate surface area is 199 Å². The van der Waals surface area contributed by atoms with Crippen molar-refractivity contribution in [3.8, 4) is 11.5 Å². The standard InChI is InChI=1S/C25H21FN2O7/c1-32-22-12-16(5-9-20(22)34-14-15-3-6-17(26)7-4-15)11-19-23(29)28(25(31)27-19)13-18-8-10-21(35-18)24(30)33-2/h3-12H,13-14H2,1-2H3,(H,27,31)/b19-11+. The summed E-state index contributed by atoms with van der Waals surface area (Å²) in [6.45, 7) is 0.0591. The number of nitrogens with zero attached hydrogens (tertiary/aromatic N) is 1. The van der Waals surface area contributed by atoms with Gasteiger partial charge in [-0.3, -0.25) is 9.69 Å². The zero-order valence-electron chi connectivity index (χ0n) is 18.9. The molecule has 4 rings (SSSR count). The molecule has 1 fully saturated rings. The fourth-order valence-corrected chi connectivity index (χ4v) is 3.35. The second-order valence-corrected chi connectivity index (χ2v) is 7.46. The summed E-state index contributed by atoms with van der Waals surface area (Å²) in [6.07, 6.45) is 1.51. The van der Waals surface area contributed by atoms with Gasteiger partial charge in [0.05, 0.1) is 20.8 Å². The van der Waals surface area contributed by atoms with E-state index < -0.39 is 17.9 Å². The number of amides is 3. The van der Waals surface area contributed by atoms with Crippen molar-refractivity contribution in [1.29, 1.82) is 0 Å². The SMILES string of the molecule is COC(=O)c1ccc(CN2C(=O)N/C(=C/c3ccc(OCc4ccc(F)cc4)c(OC)c3)C2=O)o1. The number of esters is 1. The van der Waals surface area contributed by atoms with Crippen molar-refractivity contribution in [2.24, 2.45) is 0 Å². The van der Waals surface area contributed by atoms with Gasteiger partial charge in [0.2, 0.25) is 5.76 Å². The summed E-state index contributed by atoms with van der Waals surface area (Å²) in [5.41, 5.74) is 1.44. The van der Waals surface area contributed by atoms with Gasteiger partial charge in [0.15, 0.2) is 11.5 Å². The van der Waals surface area contributed by atoms with Crippen LogP contribution in [0, 0.1) is 5.82 Å². The van der Waals surface area contributed by atoms with Gasteiger partial charge in [-0.05, 0) is 53.6 Å². The Hall–Kier alpha value is -4.60. The van der Waals surface area contributed by atoms with Crippen LogP contribution < -0.4 is 14.8 Å². The number of hydrogen-bond acceptors (Lipinski definition) is 7. The molecule has 180 valence electrons. The Balaban J connectivity index is 1.46. The minimum Gasteiger partial charge on any atom is -0.493 e. The number of halogens is 1. The van der Waals surface area contributed by atoms with Crippen molar-refractivity contribution in [2.75, 3.05) is 14.2 Å². The van der Waals surface area contributed by atoms with Crippen LogP contribution in [0.5, 0.6) is 11.5 Å². The van der Waals surface area contributed by atoms with Gasteiger partial charge in [-0.15, -0.1) is 0 Å². The molecule has 10 heteroatoms. The van der Waals surface area contributed by atoms with Crippen LogP contribution in [0.1, 0.15) is 27.4 Å². The van der Waals surface area contributed by atoms with Crippen LogP contribution in [0.4, 0.5) is 9.18 Å². The van der Waals surface area contributed by atoms with Crippen LogP contribution in [0.15, 0.2) is 64.7 Å². The molecule has 0 spiro atoms. The highest BCUT2D eigenvalue weighted by atomic mass is 19.1. The van der Waals surface area contributed by atoms with E-state index in [-0.39, 0.29) is 36.2 Å². The largest absolute Gasteiger partial charge is 0.493 e. The quantitative estimate of drug-likeness (QED) is 0.296. The average Bonchev–Trinajstić information content (AvgIpc) is 3.44. The smallest absolute Gasteiger partial charge is 0.373 e. The van der Waals surface area contributed by atoms with Crippen molar-refractivity contribution in [2.45, 2.75) is 13.2 Å². The van der Waals surface area contributed by atoms with E-state index in [0.29, 0.717) is 17.1 Å². The highest BCUT2D eigenvalue weighted by Crippen LogP contribution is 2.30. The minimum atomic E-state index is -0.659. The third kappa shape index (κ3) is 5.32. The first kappa shape index (κ1) is 23.6. The molecule has 1 aromatic heterocycles. The van der Waals surface area contributed by atoms with Crippen LogP contribution >= 0.6 is 0 Å². The highest BCUT2D eigenvalue weighted by Gasteiger charge is 2.34. The molecule has 1 aliphatic heterocycles. The van der Waals surface area contributed by atoms with Crippen LogP contribution in [0.25, 0.3) is 6.08 Å². The molecule has 0 unspecified atom stereocenters. The molecule has 2 aromatic carbocycles. The predicted molar refractivity (Wildman–Crippen MR) is 121 cm³/mol. The molecule has 2 heterocycles. The number of carbonyl (C=O) groups excluding carboxylic acids is 3. The maximum atomic E-state index is 13.1. The topological polar surface area (TPSA) is 107 Å². The van der Waals surface area contributed by atoms with Crippen molar-refractivity contribution in [1.82, 2.24) is 10.2 Å². The Morgan fingerprint density at radius 1 is 1.06 bits per heavy atom. The fourth-order valence-electron chi connectivity index (χ4n) is 3.35. The van der Waals surface area contributed by atoms with Crippen LogP contribution in [-0.4, -0.2) is 37.0 Å². The summed E-state index contributed by atoms with van der Waals surface area (Å²) < 4.78 is 34.1. The lowest BCUT2D eigenvalue weighted by Crippen LogP contribution is -2.30. The number of ether oxygens (including phenoxy) is 3. The molecule has 9 nitrogen and oxygen atoms in total. The van der Waals surface area contributed by atoms with Gasteiger partial charge < -0.3 is 23.9 Å². The molecular formula is C25H21FN2O7. The Morgan fingerprint density at radius 2 is 1.83 bits per heavy atom. The molecule has 1 N–H and O–H groups in total. The number of benzene rings is 2. The first-order valence-electron chi connectivity index (χ1n) is 10.4. The molecule has 0 atom stereocenters.